The smallest absolute Gasteiger partial charge is 0.307 e. The summed E-state index contributed by atoms with van der Waals surface area (Å²) in [6.07, 6.45) is -0.293. The average molecular weight is 161 g/mol. The van der Waals surface area contributed by atoms with E-state index in [1.165, 1.54) is 0 Å². The number of nitrogens with one attached hydrogen (secondary N) is 1. The fraction of sp³-hybridized carbons (Fsp3) is 0.125. The number of carbonyl (C=O) groups is 1. The zero-order chi connectivity index (χ0) is 8.39. The second kappa shape index (κ2) is 2.73. The summed E-state index contributed by atoms with van der Waals surface area (Å²) in [4.78, 5) is 10.7. The maximum Gasteiger partial charge on any atom is 0.361 e. The number of rotatable bonds is 1. The highest BCUT2D eigenvalue weighted by Crippen LogP contribution is 2.17. The van der Waals surface area contributed by atoms with Gasteiger partial charge in [-0.2, -0.15) is 5.11 Å². The van der Waals surface area contributed by atoms with E-state index in [0.29, 0.717) is 0 Å². The van der Waals surface area contributed by atoms with E-state index in [1.54, 1.807) is 0 Å². The Morgan fingerprint density at radius 2 is 2.00 bits per heavy atom. The van der Waals surface area contributed by atoms with E-state index < -0.39 is 0 Å². The molecule has 0 bridgehead atoms. The van der Waals surface area contributed by atoms with Crippen LogP contribution in [0.1, 0.15) is 11.7 Å². The van der Waals surface area contributed by atoms with Gasteiger partial charge in [0.2, 0.25) is 0 Å². The summed E-state index contributed by atoms with van der Waals surface area (Å²) in [6.45, 7) is 0. The molecule has 0 saturated heterocycles. The van der Waals surface area contributed by atoms with Gasteiger partial charge in [-0.3, -0.25) is 0 Å². The van der Waals surface area contributed by atoms with Crippen LogP contribution in [0.15, 0.2) is 40.6 Å². The van der Waals surface area contributed by atoms with Crippen molar-refractivity contribution in [1.82, 2.24) is 5.32 Å². The number of carbonyl (C=O) groups excluding carboxylic acids is 1. The van der Waals surface area contributed by atoms with Gasteiger partial charge in [0.25, 0.3) is 0 Å². The van der Waals surface area contributed by atoms with Crippen LogP contribution >= 0.6 is 0 Å². The summed E-state index contributed by atoms with van der Waals surface area (Å²) in [5.41, 5.74) is 0.951. The van der Waals surface area contributed by atoms with Crippen molar-refractivity contribution < 1.29 is 4.79 Å². The number of hydrogen-bond donors (Lipinski definition) is 1. The molecule has 1 aromatic rings. The zero-order valence-corrected chi connectivity index (χ0v) is 6.27. The summed E-state index contributed by atoms with van der Waals surface area (Å²) in [5.74, 6) is 0. The summed E-state index contributed by atoms with van der Waals surface area (Å²) in [7, 11) is 0. The van der Waals surface area contributed by atoms with Crippen LogP contribution in [0.25, 0.3) is 0 Å². The normalized spacial score (nSPS) is 21.0. The molecule has 4 nitrogen and oxygen atoms in total. The Morgan fingerprint density at radius 3 is 2.58 bits per heavy atom. The number of nitrogens with zero attached hydrogens (tertiary/aromatic N) is 2. The molecular weight excluding hydrogens is 154 g/mol. The van der Waals surface area contributed by atoms with Crippen molar-refractivity contribution >= 4 is 6.03 Å². The molecule has 0 aliphatic carbocycles. The highest BCUT2D eigenvalue weighted by molar-refractivity contribution is 5.76. The van der Waals surface area contributed by atoms with Crippen molar-refractivity contribution in [2.24, 2.45) is 10.2 Å². The molecule has 0 radical (unpaired) electrons. The molecule has 1 atom stereocenters. The van der Waals surface area contributed by atoms with E-state index in [0.717, 1.165) is 5.56 Å². The van der Waals surface area contributed by atoms with Crippen LogP contribution in [0, 0.1) is 0 Å². The minimum atomic E-state index is -0.371. The van der Waals surface area contributed by atoms with Gasteiger partial charge in [-0.25, -0.2) is 4.79 Å². The molecule has 12 heavy (non-hydrogen) atoms. The van der Waals surface area contributed by atoms with Crippen LogP contribution in [0.2, 0.25) is 0 Å². The van der Waals surface area contributed by atoms with Crippen LogP contribution < -0.4 is 5.32 Å². The molecule has 0 spiro atoms. The van der Waals surface area contributed by atoms with Gasteiger partial charge in [-0.1, -0.05) is 35.4 Å². The van der Waals surface area contributed by atoms with Gasteiger partial charge in [0.05, 0.1) is 0 Å². The van der Waals surface area contributed by atoms with E-state index in [9.17, 15) is 4.79 Å². The quantitative estimate of drug-likeness (QED) is 0.671. The first kappa shape index (κ1) is 6.97. The fourth-order valence-electron chi connectivity index (χ4n) is 1.07. The van der Waals surface area contributed by atoms with E-state index in [-0.39, 0.29) is 12.2 Å². The number of amides is 2. The molecule has 1 unspecified atom stereocenters. The maximum atomic E-state index is 10.7. The van der Waals surface area contributed by atoms with Crippen LogP contribution in [0.4, 0.5) is 4.79 Å². The second-order valence-electron chi connectivity index (χ2n) is 2.48. The minimum absolute atomic E-state index is 0.293. The Hall–Kier alpha value is -1.71. The highest BCUT2D eigenvalue weighted by Gasteiger charge is 2.18. The third kappa shape index (κ3) is 1.18. The van der Waals surface area contributed by atoms with Crippen molar-refractivity contribution in [2.45, 2.75) is 6.17 Å². The molecule has 0 saturated carbocycles. The van der Waals surface area contributed by atoms with Crippen molar-refractivity contribution in [1.29, 1.82) is 0 Å². The van der Waals surface area contributed by atoms with E-state index in [1.807, 2.05) is 30.3 Å². The molecule has 2 rings (SSSR count). The molecule has 2 amide bonds. The number of benzene rings is 1. The molecule has 1 heterocycles. The molecule has 4 heteroatoms. The third-order valence-corrected chi connectivity index (χ3v) is 1.64. The van der Waals surface area contributed by atoms with Crippen molar-refractivity contribution in [3.05, 3.63) is 35.9 Å². The van der Waals surface area contributed by atoms with Gasteiger partial charge in [-0.15, -0.1) is 0 Å². The first-order valence-corrected chi connectivity index (χ1v) is 3.62. The van der Waals surface area contributed by atoms with Gasteiger partial charge >= 0.3 is 6.03 Å². The van der Waals surface area contributed by atoms with Gasteiger partial charge in [0.15, 0.2) is 6.17 Å². The SMILES string of the molecule is O=C1N=NC(c2ccccc2)N1. The fourth-order valence-corrected chi connectivity index (χ4v) is 1.07. The Balaban J connectivity index is 2.23. The molecule has 1 aliphatic rings. The predicted octanol–water partition coefficient (Wildman–Crippen LogP) is 1.86. The van der Waals surface area contributed by atoms with Crippen LogP contribution in [0.3, 0.4) is 0 Å². The summed E-state index contributed by atoms with van der Waals surface area (Å²) in [5, 5.41) is 9.72. The zero-order valence-electron chi connectivity index (χ0n) is 6.27. The van der Waals surface area contributed by atoms with Gasteiger partial charge in [0.1, 0.15) is 0 Å². The molecular formula is C8H7N3O. The molecule has 0 fully saturated rings. The molecule has 1 aromatic carbocycles. The van der Waals surface area contributed by atoms with E-state index in [4.69, 9.17) is 0 Å². The van der Waals surface area contributed by atoms with Gasteiger partial charge in [0, 0.05) is 0 Å². The maximum absolute atomic E-state index is 10.7. The molecule has 1 N–H and O–H groups in total. The molecule has 60 valence electrons. The summed E-state index contributed by atoms with van der Waals surface area (Å²) < 4.78 is 0. The Kier molecular flexibility index (Phi) is 1.59. The average Bonchev–Trinajstić information content (AvgIpc) is 2.54. The van der Waals surface area contributed by atoms with E-state index >= 15 is 0 Å². The lowest BCUT2D eigenvalue weighted by Crippen LogP contribution is -2.17. The Bertz CT molecular complexity index is 320. The second-order valence-corrected chi connectivity index (χ2v) is 2.48. The first-order valence-electron chi connectivity index (χ1n) is 3.62. The van der Waals surface area contributed by atoms with Crippen LogP contribution in [-0.2, 0) is 0 Å². The van der Waals surface area contributed by atoms with Gasteiger partial charge < -0.3 is 5.32 Å². The Labute approximate surface area is 69.3 Å². The number of azo groups is 1. The minimum Gasteiger partial charge on any atom is -0.307 e. The highest BCUT2D eigenvalue weighted by atomic mass is 16.2. The summed E-state index contributed by atoms with van der Waals surface area (Å²) in [6, 6.07) is 9.14. The number of urea groups is 1. The van der Waals surface area contributed by atoms with E-state index in [2.05, 4.69) is 15.5 Å². The predicted molar refractivity (Wildman–Crippen MR) is 42.6 cm³/mol. The van der Waals surface area contributed by atoms with Crippen molar-refractivity contribution in [3.8, 4) is 0 Å². The Morgan fingerprint density at radius 1 is 1.25 bits per heavy atom. The monoisotopic (exact) mass is 161 g/mol. The van der Waals surface area contributed by atoms with Crippen molar-refractivity contribution in [2.75, 3.05) is 0 Å². The van der Waals surface area contributed by atoms with Crippen LogP contribution in [-0.4, -0.2) is 6.03 Å². The molecule has 0 aromatic heterocycles. The van der Waals surface area contributed by atoms with Gasteiger partial charge in [-0.05, 0) is 5.56 Å². The first-order chi connectivity index (χ1) is 5.86. The lowest BCUT2D eigenvalue weighted by atomic mass is 10.2. The van der Waals surface area contributed by atoms with Crippen molar-refractivity contribution in [3.63, 3.8) is 0 Å². The standard InChI is InChI=1S/C8H7N3O/c12-8-9-7(10-11-8)6-4-2-1-3-5-6/h1-5,7H,(H,9,12). The lowest BCUT2D eigenvalue weighted by Gasteiger charge is -2.04. The number of hydrogen-bond acceptors (Lipinski definition) is 2. The van der Waals surface area contributed by atoms with Crippen LogP contribution in [0.5, 0.6) is 0 Å². The lowest BCUT2D eigenvalue weighted by molar-refractivity contribution is 0.250. The summed E-state index contributed by atoms with van der Waals surface area (Å²) >= 11 is 0. The topological polar surface area (TPSA) is 53.8 Å². The molecule has 1 aliphatic heterocycles. The largest absolute Gasteiger partial charge is 0.361 e. The third-order valence-electron chi connectivity index (χ3n) is 1.64.